The highest BCUT2D eigenvalue weighted by Crippen LogP contribution is 2.03. The number of H-pyrrole nitrogens is 1. The fourth-order valence-electron chi connectivity index (χ4n) is 1.65. The largest absolute Gasteiger partial charge is 0.339 e. The molecule has 0 bridgehead atoms. The molecule has 5 heteroatoms. The fourth-order valence-corrected chi connectivity index (χ4v) is 1.65. The number of nitrogens with zero attached hydrogens (tertiary/aromatic N) is 2. The van der Waals surface area contributed by atoms with Crippen LogP contribution in [0.2, 0.25) is 0 Å². The minimum Gasteiger partial charge on any atom is -0.339 e. The van der Waals surface area contributed by atoms with Crippen LogP contribution in [-0.2, 0) is 0 Å². The maximum atomic E-state index is 12.0. The zero-order valence-corrected chi connectivity index (χ0v) is 10.1. The van der Waals surface area contributed by atoms with E-state index in [-0.39, 0.29) is 17.0 Å². The molecule has 1 N–H and O–H groups in total. The molecule has 0 radical (unpaired) electrons. The van der Waals surface area contributed by atoms with Gasteiger partial charge in [-0.1, -0.05) is 0 Å². The van der Waals surface area contributed by atoms with E-state index in [4.69, 9.17) is 0 Å². The van der Waals surface area contributed by atoms with E-state index in [1.807, 2.05) is 13.8 Å². The molecule has 1 aromatic heterocycles. The zero-order valence-electron chi connectivity index (χ0n) is 10.1. The van der Waals surface area contributed by atoms with Gasteiger partial charge in [-0.25, -0.2) is 4.98 Å². The van der Waals surface area contributed by atoms with Crippen molar-refractivity contribution < 1.29 is 4.79 Å². The molecular formula is C11H17N3O2. The normalized spacial score (nSPS) is 10.2. The molecule has 0 saturated carbocycles. The lowest BCUT2D eigenvalue weighted by atomic mass is 10.2. The topological polar surface area (TPSA) is 66.1 Å². The van der Waals surface area contributed by atoms with Crippen LogP contribution < -0.4 is 5.56 Å². The quantitative estimate of drug-likeness (QED) is 0.826. The summed E-state index contributed by atoms with van der Waals surface area (Å²) in [6.07, 6.45) is 0. The van der Waals surface area contributed by atoms with Gasteiger partial charge in [0.15, 0.2) is 0 Å². The third-order valence-electron chi connectivity index (χ3n) is 2.48. The second kappa shape index (κ2) is 4.92. The van der Waals surface area contributed by atoms with Gasteiger partial charge in [0.1, 0.15) is 11.4 Å². The Balaban J connectivity index is 3.23. The van der Waals surface area contributed by atoms with Crippen LogP contribution in [0.5, 0.6) is 0 Å². The van der Waals surface area contributed by atoms with Crippen molar-refractivity contribution in [3.05, 3.63) is 27.4 Å². The van der Waals surface area contributed by atoms with Gasteiger partial charge in [-0.15, -0.1) is 0 Å². The Morgan fingerprint density at radius 2 is 1.88 bits per heavy atom. The Kier molecular flexibility index (Phi) is 3.82. The van der Waals surface area contributed by atoms with Gasteiger partial charge >= 0.3 is 0 Å². The first kappa shape index (κ1) is 12.4. The van der Waals surface area contributed by atoms with Gasteiger partial charge in [-0.2, -0.15) is 0 Å². The van der Waals surface area contributed by atoms with Gasteiger partial charge in [0, 0.05) is 13.1 Å². The molecule has 1 amide bonds. The van der Waals surface area contributed by atoms with Crippen LogP contribution in [0.4, 0.5) is 0 Å². The first-order chi connectivity index (χ1) is 7.51. The third kappa shape index (κ3) is 2.29. The van der Waals surface area contributed by atoms with Crippen molar-refractivity contribution in [1.82, 2.24) is 14.9 Å². The number of amides is 1. The molecule has 88 valence electrons. The minimum atomic E-state index is -0.359. The Labute approximate surface area is 94.5 Å². The molecule has 1 aromatic rings. The lowest BCUT2D eigenvalue weighted by molar-refractivity contribution is 0.0770. The fraction of sp³-hybridized carbons (Fsp3) is 0.545. The number of aromatic nitrogens is 2. The van der Waals surface area contributed by atoms with Crippen molar-refractivity contribution >= 4 is 5.91 Å². The van der Waals surface area contributed by atoms with Crippen molar-refractivity contribution in [2.24, 2.45) is 0 Å². The predicted molar refractivity (Wildman–Crippen MR) is 61.6 cm³/mol. The molecule has 16 heavy (non-hydrogen) atoms. The summed E-state index contributed by atoms with van der Waals surface area (Å²) in [5.74, 6) is 0.273. The van der Waals surface area contributed by atoms with Crippen LogP contribution in [0.15, 0.2) is 4.79 Å². The van der Waals surface area contributed by atoms with E-state index < -0.39 is 0 Å². The highest BCUT2D eigenvalue weighted by Gasteiger charge is 2.19. The van der Waals surface area contributed by atoms with Gasteiger partial charge in [0.25, 0.3) is 11.5 Å². The lowest BCUT2D eigenvalue weighted by Crippen LogP contribution is -2.36. The Hall–Kier alpha value is -1.65. The number of aryl methyl sites for hydroxylation is 2. The van der Waals surface area contributed by atoms with E-state index in [0.29, 0.717) is 24.6 Å². The summed E-state index contributed by atoms with van der Waals surface area (Å²) in [5.41, 5.74) is 0.273. The standard InChI is InChI=1S/C11H17N3O2/c1-5-14(6-2)11(16)9-7(3)12-8(4)13-10(9)15/h5-6H2,1-4H3,(H,12,13,15). The summed E-state index contributed by atoms with van der Waals surface area (Å²) in [5, 5.41) is 0. The molecular weight excluding hydrogens is 206 g/mol. The minimum absolute atomic E-state index is 0.148. The van der Waals surface area contributed by atoms with E-state index in [1.165, 1.54) is 0 Å². The van der Waals surface area contributed by atoms with Gasteiger partial charge in [-0.05, 0) is 27.7 Å². The molecule has 0 saturated heterocycles. The number of hydrogen-bond acceptors (Lipinski definition) is 3. The summed E-state index contributed by atoms with van der Waals surface area (Å²) < 4.78 is 0. The van der Waals surface area contributed by atoms with Gasteiger partial charge in [-0.3, -0.25) is 9.59 Å². The molecule has 0 aromatic carbocycles. The summed E-state index contributed by atoms with van der Waals surface area (Å²) >= 11 is 0. The number of rotatable bonds is 3. The highest BCUT2D eigenvalue weighted by atomic mass is 16.2. The number of aromatic amines is 1. The molecule has 0 aliphatic carbocycles. The second-order valence-corrected chi connectivity index (χ2v) is 3.59. The number of nitrogens with one attached hydrogen (secondary N) is 1. The molecule has 0 atom stereocenters. The van der Waals surface area contributed by atoms with Crippen molar-refractivity contribution in [2.75, 3.05) is 13.1 Å². The highest BCUT2D eigenvalue weighted by molar-refractivity contribution is 5.94. The summed E-state index contributed by atoms with van der Waals surface area (Å²) in [7, 11) is 0. The van der Waals surface area contributed by atoms with Crippen LogP contribution >= 0.6 is 0 Å². The predicted octanol–water partition coefficient (Wildman–Crippen LogP) is 0.869. The summed E-state index contributed by atoms with van der Waals surface area (Å²) in [4.78, 5) is 32.0. The average molecular weight is 223 g/mol. The second-order valence-electron chi connectivity index (χ2n) is 3.59. The van der Waals surface area contributed by atoms with Crippen molar-refractivity contribution in [3.8, 4) is 0 Å². The van der Waals surface area contributed by atoms with Crippen LogP contribution in [0.3, 0.4) is 0 Å². The van der Waals surface area contributed by atoms with Gasteiger partial charge < -0.3 is 9.88 Å². The van der Waals surface area contributed by atoms with E-state index in [0.717, 1.165) is 0 Å². The first-order valence-corrected chi connectivity index (χ1v) is 5.38. The Morgan fingerprint density at radius 1 is 1.31 bits per heavy atom. The summed E-state index contributed by atoms with van der Waals surface area (Å²) in [6.45, 7) is 8.31. The maximum absolute atomic E-state index is 12.0. The van der Waals surface area contributed by atoms with E-state index in [1.54, 1.807) is 18.7 Å². The molecule has 0 spiro atoms. The molecule has 0 fully saturated rings. The molecule has 0 aliphatic heterocycles. The van der Waals surface area contributed by atoms with Crippen LogP contribution in [0.1, 0.15) is 35.7 Å². The lowest BCUT2D eigenvalue weighted by Gasteiger charge is -2.18. The monoisotopic (exact) mass is 223 g/mol. The van der Waals surface area contributed by atoms with Crippen molar-refractivity contribution in [2.45, 2.75) is 27.7 Å². The molecule has 5 nitrogen and oxygen atoms in total. The molecule has 0 unspecified atom stereocenters. The van der Waals surface area contributed by atoms with Crippen LogP contribution in [0.25, 0.3) is 0 Å². The smallest absolute Gasteiger partial charge is 0.264 e. The SMILES string of the molecule is CCN(CC)C(=O)c1c(C)nc(C)[nH]c1=O. The van der Waals surface area contributed by atoms with E-state index in [2.05, 4.69) is 9.97 Å². The number of hydrogen-bond donors (Lipinski definition) is 1. The molecule has 1 heterocycles. The summed E-state index contributed by atoms with van der Waals surface area (Å²) in [6, 6.07) is 0. The zero-order chi connectivity index (χ0) is 12.3. The Morgan fingerprint density at radius 3 is 2.31 bits per heavy atom. The van der Waals surface area contributed by atoms with Gasteiger partial charge in [0.05, 0.1) is 5.69 Å². The van der Waals surface area contributed by atoms with E-state index in [9.17, 15) is 9.59 Å². The van der Waals surface area contributed by atoms with Crippen LogP contribution in [0, 0.1) is 13.8 Å². The van der Waals surface area contributed by atoms with Crippen LogP contribution in [-0.4, -0.2) is 33.9 Å². The molecule has 1 rings (SSSR count). The van der Waals surface area contributed by atoms with Gasteiger partial charge in [0.2, 0.25) is 0 Å². The number of carbonyl (C=O) groups excluding carboxylic acids is 1. The average Bonchev–Trinajstić information content (AvgIpc) is 2.17. The Bertz CT molecular complexity index is 447. The maximum Gasteiger partial charge on any atom is 0.264 e. The molecule has 0 aliphatic rings. The van der Waals surface area contributed by atoms with Crippen molar-refractivity contribution in [1.29, 1.82) is 0 Å². The number of carbonyl (C=O) groups is 1. The first-order valence-electron chi connectivity index (χ1n) is 5.38. The third-order valence-corrected chi connectivity index (χ3v) is 2.48. The van der Waals surface area contributed by atoms with E-state index >= 15 is 0 Å². The van der Waals surface area contributed by atoms with Crippen molar-refractivity contribution in [3.63, 3.8) is 0 Å².